The number of aromatic nitrogens is 3. The molecule has 3 heterocycles. The molecule has 3 aromatic rings. The predicted octanol–water partition coefficient (Wildman–Crippen LogP) is 2.25. The van der Waals surface area contributed by atoms with Crippen molar-refractivity contribution in [3.63, 3.8) is 0 Å². The van der Waals surface area contributed by atoms with Crippen LogP contribution in [0.1, 0.15) is 35.1 Å². The monoisotopic (exact) mass is 338 g/mol. The van der Waals surface area contributed by atoms with E-state index < -0.39 is 0 Å². The number of carbonyl (C=O) groups is 1. The molecule has 0 saturated heterocycles. The maximum Gasteiger partial charge on any atom is 0.290 e. The number of nitrogens with zero attached hydrogens (tertiary/aromatic N) is 4. The van der Waals surface area contributed by atoms with Gasteiger partial charge in [-0.15, -0.1) is 0 Å². The highest BCUT2D eigenvalue weighted by Gasteiger charge is 2.32. The summed E-state index contributed by atoms with van der Waals surface area (Å²) >= 11 is 0. The van der Waals surface area contributed by atoms with E-state index in [-0.39, 0.29) is 24.3 Å². The van der Waals surface area contributed by atoms with Gasteiger partial charge in [-0.05, 0) is 19.1 Å². The second kappa shape index (κ2) is 6.18. The Kier molecular flexibility index (Phi) is 3.85. The number of amides is 1. The van der Waals surface area contributed by atoms with Gasteiger partial charge in [-0.3, -0.25) is 4.79 Å². The van der Waals surface area contributed by atoms with Crippen molar-refractivity contribution in [1.82, 2.24) is 19.7 Å². The zero-order valence-corrected chi connectivity index (χ0v) is 13.8. The minimum Gasteiger partial charge on any atom is -0.453 e. The number of furan rings is 1. The lowest BCUT2D eigenvalue weighted by molar-refractivity contribution is 0.0593. The average molecular weight is 338 g/mol. The van der Waals surface area contributed by atoms with Gasteiger partial charge in [-0.25, -0.2) is 9.67 Å². The van der Waals surface area contributed by atoms with E-state index >= 15 is 0 Å². The van der Waals surface area contributed by atoms with Crippen LogP contribution >= 0.6 is 0 Å². The highest BCUT2D eigenvalue weighted by Crippen LogP contribution is 2.27. The Morgan fingerprint density at radius 1 is 1.24 bits per heavy atom. The van der Waals surface area contributed by atoms with Gasteiger partial charge in [0.1, 0.15) is 18.2 Å². The van der Waals surface area contributed by atoms with Crippen LogP contribution in [-0.4, -0.2) is 37.2 Å². The van der Waals surface area contributed by atoms with Crippen LogP contribution in [0, 0.1) is 0 Å². The lowest BCUT2D eigenvalue weighted by Gasteiger charge is -2.32. The molecular formula is C18H18N4O3. The van der Waals surface area contributed by atoms with E-state index in [1.54, 1.807) is 17.0 Å². The minimum absolute atomic E-state index is 0.206. The molecule has 7 heteroatoms. The summed E-state index contributed by atoms with van der Waals surface area (Å²) in [5, 5.41) is 13.7. The van der Waals surface area contributed by atoms with Crippen molar-refractivity contribution >= 4 is 5.91 Å². The van der Waals surface area contributed by atoms with E-state index in [1.165, 1.54) is 0 Å². The fraction of sp³-hybridized carbons (Fsp3) is 0.278. The molecule has 1 amide bonds. The Bertz CT molecular complexity index is 900. The molecule has 128 valence electrons. The van der Waals surface area contributed by atoms with E-state index in [4.69, 9.17) is 9.52 Å². The number of benzene rings is 1. The third kappa shape index (κ3) is 2.72. The van der Waals surface area contributed by atoms with Gasteiger partial charge >= 0.3 is 0 Å². The summed E-state index contributed by atoms with van der Waals surface area (Å²) in [4.78, 5) is 19.1. The number of aliphatic hydroxyl groups is 1. The Morgan fingerprint density at radius 2 is 2.04 bits per heavy atom. The van der Waals surface area contributed by atoms with Gasteiger partial charge in [-0.2, -0.15) is 5.10 Å². The van der Waals surface area contributed by atoms with E-state index in [0.717, 1.165) is 11.4 Å². The molecule has 1 aromatic carbocycles. The minimum atomic E-state index is -0.225. The third-order valence-electron chi connectivity index (χ3n) is 4.42. The van der Waals surface area contributed by atoms with Crippen molar-refractivity contribution in [2.24, 2.45) is 0 Å². The molecule has 25 heavy (non-hydrogen) atoms. The number of fused-ring (bicyclic) bond motifs is 1. The molecule has 0 unspecified atom stereocenters. The lowest BCUT2D eigenvalue weighted by Crippen LogP contribution is -2.41. The van der Waals surface area contributed by atoms with Crippen molar-refractivity contribution in [3.05, 3.63) is 59.8 Å². The molecule has 4 rings (SSSR count). The Balaban J connectivity index is 1.61. The first-order valence-electron chi connectivity index (χ1n) is 8.18. The van der Waals surface area contributed by atoms with Crippen LogP contribution in [0.15, 0.2) is 46.9 Å². The summed E-state index contributed by atoms with van der Waals surface area (Å²) in [6.07, 6.45) is 0. The van der Waals surface area contributed by atoms with E-state index in [2.05, 4.69) is 10.1 Å². The van der Waals surface area contributed by atoms with Crippen LogP contribution in [-0.2, 0) is 13.2 Å². The van der Waals surface area contributed by atoms with Gasteiger partial charge in [0.2, 0.25) is 0 Å². The molecular weight excluding hydrogens is 320 g/mol. The SMILES string of the molecule is C[C@H]1c2nc(-c3ccccc3)nn2CCN1C(=O)c1ccc(CO)o1. The van der Waals surface area contributed by atoms with Crippen LogP contribution in [0.2, 0.25) is 0 Å². The molecule has 1 aliphatic rings. The van der Waals surface area contributed by atoms with E-state index in [1.807, 2.05) is 41.9 Å². The normalized spacial score (nSPS) is 16.7. The molecule has 0 bridgehead atoms. The van der Waals surface area contributed by atoms with Crippen LogP contribution < -0.4 is 0 Å². The van der Waals surface area contributed by atoms with Gasteiger partial charge in [0.25, 0.3) is 5.91 Å². The Labute approximate surface area is 144 Å². The third-order valence-corrected chi connectivity index (χ3v) is 4.42. The summed E-state index contributed by atoms with van der Waals surface area (Å²) in [6.45, 7) is 2.82. The first kappa shape index (κ1) is 15.6. The van der Waals surface area contributed by atoms with Crippen molar-refractivity contribution in [2.75, 3.05) is 6.54 Å². The van der Waals surface area contributed by atoms with Crippen LogP contribution in [0.5, 0.6) is 0 Å². The largest absolute Gasteiger partial charge is 0.453 e. The van der Waals surface area contributed by atoms with Crippen LogP contribution in [0.25, 0.3) is 11.4 Å². The van der Waals surface area contributed by atoms with Crippen LogP contribution in [0.3, 0.4) is 0 Å². The summed E-state index contributed by atoms with van der Waals surface area (Å²) < 4.78 is 7.23. The standard InChI is InChI=1S/C18H18N4O3/c1-12-17-19-16(13-5-3-2-4-6-13)20-22(17)10-9-21(12)18(24)15-8-7-14(11-23)25-15/h2-8,12,23H,9-11H2,1H3/t12-/m0/s1. The van der Waals surface area contributed by atoms with Gasteiger partial charge in [-0.1, -0.05) is 30.3 Å². The first-order valence-corrected chi connectivity index (χ1v) is 8.18. The van der Waals surface area contributed by atoms with Crippen molar-refractivity contribution < 1.29 is 14.3 Å². The molecule has 0 saturated carbocycles. The molecule has 1 N–H and O–H groups in total. The second-order valence-corrected chi connectivity index (χ2v) is 5.98. The Morgan fingerprint density at radius 3 is 2.76 bits per heavy atom. The zero-order chi connectivity index (χ0) is 17.4. The maximum atomic E-state index is 12.7. The average Bonchev–Trinajstić information content (AvgIpc) is 3.30. The molecule has 0 radical (unpaired) electrons. The van der Waals surface area contributed by atoms with Gasteiger partial charge in [0.15, 0.2) is 11.6 Å². The molecule has 7 nitrogen and oxygen atoms in total. The molecule has 0 spiro atoms. The zero-order valence-electron chi connectivity index (χ0n) is 13.8. The molecule has 0 fully saturated rings. The highest BCUT2D eigenvalue weighted by atomic mass is 16.4. The number of rotatable bonds is 3. The Hall–Kier alpha value is -2.93. The highest BCUT2D eigenvalue weighted by molar-refractivity contribution is 5.91. The fourth-order valence-electron chi connectivity index (χ4n) is 3.07. The van der Waals surface area contributed by atoms with Crippen LogP contribution in [0.4, 0.5) is 0 Å². The molecule has 1 aliphatic heterocycles. The van der Waals surface area contributed by atoms with Crippen molar-refractivity contribution in [1.29, 1.82) is 0 Å². The second-order valence-electron chi connectivity index (χ2n) is 5.98. The summed E-state index contributed by atoms with van der Waals surface area (Å²) in [5.74, 6) is 1.82. The van der Waals surface area contributed by atoms with Gasteiger partial charge in [0, 0.05) is 12.1 Å². The number of aliphatic hydroxyl groups excluding tert-OH is 1. The van der Waals surface area contributed by atoms with Gasteiger partial charge in [0.05, 0.1) is 12.6 Å². The van der Waals surface area contributed by atoms with E-state index in [0.29, 0.717) is 24.7 Å². The number of carbonyl (C=O) groups excluding carboxylic acids is 1. The topological polar surface area (TPSA) is 84.4 Å². The fourth-order valence-corrected chi connectivity index (χ4v) is 3.07. The molecule has 2 aromatic heterocycles. The number of hydrogen-bond donors (Lipinski definition) is 1. The van der Waals surface area contributed by atoms with Crippen molar-refractivity contribution in [2.45, 2.75) is 26.1 Å². The van der Waals surface area contributed by atoms with Crippen molar-refractivity contribution in [3.8, 4) is 11.4 Å². The summed E-state index contributed by atoms with van der Waals surface area (Å²) in [5.41, 5.74) is 0.952. The molecule has 0 aliphatic carbocycles. The van der Waals surface area contributed by atoms with Gasteiger partial charge < -0.3 is 14.4 Å². The number of hydrogen-bond acceptors (Lipinski definition) is 5. The molecule has 1 atom stereocenters. The quantitative estimate of drug-likeness (QED) is 0.792. The predicted molar refractivity (Wildman–Crippen MR) is 89.5 cm³/mol. The summed E-state index contributed by atoms with van der Waals surface area (Å²) in [6, 6.07) is 12.8. The maximum absolute atomic E-state index is 12.7. The smallest absolute Gasteiger partial charge is 0.290 e. The summed E-state index contributed by atoms with van der Waals surface area (Å²) in [7, 11) is 0. The van der Waals surface area contributed by atoms with E-state index in [9.17, 15) is 4.79 Å². The lowest BCUT2D eigenvalue weighted by atomic mass is 10.2. The first-order chi connectivity index (χ1) is 12.2.